The van der Waals surface area contributed by atoms with Crippen LogP contribution in [0, 0.1) is 22.7 Å². The summed E-state index contributed by atoms with van der Waals surface area (Å²) in [6, 6.07) is 9.13. The monoisotopic (exact) mass is 277 g/mol. The van der Waals surface area contributed by atoms with Gasteiger partial charge in [0, 0.05) is 11.4 Å². The van der Waals surface area contributed by atoms with Gasteiger partial charge in [0.25, 0.3) is 0 Å². The molecule has 2 atom stereocenters. The lowest BCUT2D eigenvalue weighted by atomic mass is 9.77. The molecule has 0 aliphatic heterocycles. The van der Waals surface area contributed by atoms with Crippen LogP contribution in [0.5, 0.6) is 0 Å². The standard InChI is InChI=1S/C16H20ClNO/c1-11(16(2,3)4)9-15(19)13(10-18)12-7-5-6-8-14(12)17/h5-8,11,13H,9H2,1-4H3. The number of carbonyl (C=O) groups is 1. The van der Waals surface area contributed by atoms with Gasteiger partial charge in [0.2, 0.25) is 0 Å². The van der Waals surface area contributed by atoms with Crippen molar-refractivity contribution < 1.29 is 4.79 Å². The summed E-state index contributed by atoms with van der Waals surface area (Å²) in [5, 5.41) is 9.74. The van der Waals surface area contributed by atoms with E-state index in [1.165, 1.54) is 0 Å². The number of carbonyl (C=O) groups excluding carboxylic acids is 1. The Bertz CT molecular complexity index is 496. The van der Waals surface area contributed by atoms with Crippen LogP contribution in [-0.4, -0.2) is 5.78 Å². The van der Waals surface area contributed by atoms with E-state index >= 15 is 0 Å². The Morgan fingerprint density at radius 3 is 2.42 bits per heavy atom. The van der Waals surface area contributed by atoms with E-state index in [4.69, 9.17) is 11.6 Å². The Morgan fingerprint density at radius 1 is 1.37 bits per heavy atom. The number of hydrogen-bond donors (Lipinski definition) is 0. The molecular formula is C16H20ClNO. The van der Waals surface area contributed by atoms with Crippen molar-refractivity contribution in [3.05, 3.63) is 34.9 Å². The normalized spacial score (nSPS) is 14.5. The van der Waals surface area contributed by atoms with E-state index < -0.39 is 5.92 Å². The molecule has 0 fully saturated rings. The maximum absolute atomic E-state index is 12.3. The summed E-state index contributed by atoms with van der Waals surface area (Å²) >= 11 is 6.06. The fourth-order valence-electron chi connectivity index (χ4n) is 1.75. The number of ketones is 1. The molecule has 1 aromatic rings. The molecule has 0 amide bonds. The van der Waals surface area contributed by atoms with Crippen molar-refractivity contribution in [3.63, 3.8) is 0 Å². The topological polar surface area (TPSA) is 40.9 Å². The van der Waals surface area contributed by atoms with Crippen molar-refractivity contribution in [2.45, 2.75) is 40.0 Å². The minimum Gasteiger partial charge on any atom is -0.298 e. The molecule has 0 aromatic heterocycles. The largest absolute Gasteiger partial charge is 0.298 e. The summed E-state index contributed by atoms with van der Waals surface area (Å²) in [5.74, 6) is -0.602. The van der Waals surface area contributed by atoms with Crippen molar-refractivity contribution in [2.24, 2.45) is 11.3 Å². The van der Waals surface area contributed by atoms with E-state index in [1.807, 2.05) is 6.92 Å². The lowest BCUT2D eigenvalue weighted by molar-refractivity contribution is -0.120. The minimum absolute atomic E-state index is 0.0517. The van der Waals surface area contributed by atoms with E-state index in [9.17, 15) is 10.1 Å². The van der Waals surface area contributed by atoms with Gasteiger partial charge >= 0.3 is 0 Å². The highest BCUT2D eigenvalue weighted by atomic mass is 35.5. The van der Waals surface area contributed by atoms with Crippen molar-refractivity contribution >= 4 is 17.4 Å². The number of hydrogen-bond acceptors (Lipinski definition) is 2. The van der Waals surface area contributed by atoms with E-state index in [0.29, 0.717) is 17.0 Å². The average Bonchev–Trinajstić information content (AvgIpc) is 2.31. The van der Waals surface area contributed by atoms with Gasteiger partial charge in [0.05, 0.1) is 6.07 Å². The highest BCUT2D eigenvalue weighted by Gasteiger charge is 2.28. The predicted molar refractivity (Wildman–Crippen MR) is 78.0 cm³/mol. The molecule has 0 heterocycles. The van der Waals surface area contributed by atoms with E-state index in [1.54, 1.807) is 24.3 Å². The molecule has 0 saturated heterocycles. The second-order valence-corrected chi connectivity index (χ2v) is 6.43. The van der Waals surface area contributed by atoms with Gasteiger partial charge in [0.1, 0.15) is 5.92 Å². The van der Waals surface area contributed by atoms with Crippen LogP contribution in [0.2, 0.25) is 5.02 Å². The molecule has 0 N–H and O–H groups in total. The summed E-state index contributed by atoms with van der Waals surface area (Å²) in [7, 11) is 0. The summed E-state index contributed by atoms with van der Waals surface area (Å²) in [5.41, 5.74) is 0.661. The van der Waals surface area contributed by atoms with Gasteiger partial charge in [-0.15, -0.1) is 0 Å². The molecule has 3 heteroatoms. The Hall–Kier alpha value is -1.33. The van der Waals surface area contributed by atoms with Crippen LogP contribution in [0.3, 0.4) is 0 Å². The van der Waals surface area contributed by atoms with Crippen molar-refractivity contribution in [1.82, 2.24) is 0 Å². The van der Waals surface area contributed by atoms with Crippen LogP contribution in [0.25, 0.3) is 0 Å². The number of nitrogens with zero attached hydrogens (tertiary/aromatic N) is 1. The summed E-state index contributed by atoms with van der Waals surface area (Å²) in [4.78, 5) is 12.3. The highest BCUT2D eigenvalue weighted by molar-refractivity contribution is 6.31. The quantitative estimate of drug-likeness (QED) is 0.808. The number of halogens is 1. The lowest BCUT2D eigenvalue weighted by Crippen LogP contribution is -2.23. The Balaban J connectivity index is 2.91. The SMILES string of the molecule is CC(CC(=O)C(C#N)c1ccccc1Cl)C(C)(C)C. The van der Waals surface area contributed by atoms with Crippen molar-refractivity contribution in [3.8, 4) is 6.07 Å². The molecule has 19 heavy (non-hydrogen) atoms. The molecule has 2 unspecified atom stereocenters. The lowest BCUT2D eigenvalue weighted by Gasteiger charge is -2.27. The van der Waals surface area contributed by atoms with E-state index in [2.05, 4.69) is 26.8 Å². The van der Waals surface area contributed by atoms with Gasteiger partial charge < -0.3 is 0 Å². The highest BCUT2D eigenvalue weighted by Crippen LogP contribution is 2.32. The first-order valence-corrected chi connectivity index (χ1v) is 6.82. The average molecular weight is 278 g/mol. The first-order valence-electron chi connectivity index (χ1n) is 6.44. The van der Waals surface area contributed by atoms with Crippen LogP contribution in [0.15, 0.2) is 24.3 Å². The fourth-order valence-corrected chi connectivity index (χ4v) is 1.99. The second kappa shape index (κ2) is 6.21. The molecule has 0 saturated carbocycles. The van der Waals surface area contributed by atoms with Crippen LogP contribution in [-0.2, 0) is 4.79 Å². The number of benzene rings is 1. The molecule has 0 aliphatic carbocycles. The van der Waals surface area contributed by atoms with Gasteiger partial charge in [-0.1, -0.05) is 57.5 Å². The molecule has 1 aromatic carbocycles. The van der Waals surface area contributed by atoms with Gasteiger partial charge in [-0.25, -0.2) is 0 Å². The Labute approximate surface area is 120 Å². The third-order valence-corrected chi connectivity index (χ3v) is 4.00. The van der Waals surface area contributed by atoms with Gasteiger partial charge in [-0.05, 0) is 23.0 Å². The van der Waals surface area contributed by atoms with E-state index in [0.717, 1.165) is 0 Å². The molecule has 1 rings (SSSR count). The van der Waals surface area contributed by atoms with Crippen molar-refractivity contribution in [2.75, 3.05) is 0 Å². The molecule has 0 bridgehead atoms. The molecule has 2 nitrogen and oxygen atoms in total. The first kappa shape index (κ1) is 15.7. The molecule has 0 aliphatic rings. The molecule has 0 spiro atoms. The third kappa shape index (κ3) is 4.08. The summed E-state index contributed by atoms with van der Waals surface area (Å²) < 4.78 is 0. The zero-order valence-corrected chi connectivity index (χ0v) is 12.7. The fraction of sp³-hybridized carbons (Fsp3) is 0.500. The maximum atomic E-state index is 12.3. The minimum atomic E-state index is -0.765. The van der Waals surface area contributed by atoms with Gasteiger partial charge in [0.15, 0.2) is 5.78 Å². The van der Waals surface area contributed by atoms with Crippen LogP contribution >= 0.6 is 11.6 Å². The van der Waals surface area contributed by atoms with Gasteiger partial charge in [-0.2, -0.15) is 5.26 Å². The number of rotatable bonds is 4. The Morgan fingerprint density at radius 2 is 1.95 bits per heavy atom. The first-order chi connectivity index (χ1) is 8.77. The van der Waals surface area contributed by atoms with Crippen LogP contribution in [0.1, 0.15) is 45.6 Å². The predicted octanol–water partition coefficient (Wildman–Crippen LogP) is 4.59. The van der Waals surface area contributed by atoms with Gasteiger partial charge in [-0.3, -0.25) is 4.79 Å². The molecule has 102 valence electrons. The second-order valence-electron chi connectivity index (χ2n) is 6.02. The molecular weight excluding hydrogens is 258 g/mol. The maximum Gasteiger partial charge on any atom is 0.154 e. The zero-order chi connectivity index (χ0) is 14.6. The summed E-state index contributed by atoms with van der Waals surface area (Å²) in [6.45, 7) is 8.34. The smallest absolute Gasteiger partial charge is 0.154 e. The zero-order valence-electron chi connectivity index (χ0n) is 11.9. The van der Waals surface area contributed by atoms with Crippen molar-refractivity contribution in [1.29, 1.82) is 5.26 Å². The number of Topliss-reactive ketones (excluding diaryl/α,β-unsaturated/α-hetero) is 1. The Kier molecular flexibility index (Phi) is 5.14. The number of nitriles is 1. The van der Waals surface area contributed by atoms with Crippen LogP contribution < -0.4 is 0 Å². The third-order valence-electron chi connectivity index (χ3n) is 3.65. The summed E-state index contributed by atoms with van der Waals surface area (Å²) in [6.07, 6.45) is 0.396. The molecule has 0 radical (unpaired) electrons. The van der Waals surface area contributed by atoms with E-state index in [-0.39, 0.29) is 17.1 Å². The van der Waals surface area contributed by atoms with Crippen LogP contribution in [0.4, 0.5) is 0 Å².